The zero-order valence-electron chi connectivity index (χ0n) is 7.13. The van der Waals surface area contributed by atoms with E-state index in [1.807, 2.05) is 0 Å². The number of rotatable bonds is 3. The lowest BCUT2D eigenvalue weighted by atomic mass is 10.4. The third kappa shape index (κ3) is 4.52. The van der Waals surface area contributed by atoms with Crippen molar-refractivity contribution < 1.29 is 26.7 Å². The first-order valence-corrected chi connectivity index (χ1v) is 3.68. The Morgan fingerprint density at radius 3 is 2.27 bits per heavy atom. The van der Waals surface area contributed by atoms with Gasteiger partial charge in [-0.15, -0.1) is 0 Å². The maximum atomic E-state index is 12.6. The number of hydrogen-bond donors (Lipinski definition) is 0. The molecular formula is C7H5F5N2O. The van der Waals surface area contributed by atoms with Crippen molar-refractivity contribution in [1.82, 2.24) is 9.97 Å². The van der Waals surface area contributed by atoms with E-state index < -0.39 is 24.6 Å². The zero-order valence-corrected chi connectivity index (χ0v) is 7.13. The van der Waals surface area contributed by atoms with Crippen LogP contribution in [0.25, 0.3) is 0 Å². The molecule has 0 radical (unpaired) electrons. The molecule has 1 rings (SSSR count). The Kier molecular flexibility index (Phi) is 3.06. The van der Waals surface area contributed by atoms with Crippen molar-refractivity contribution in [2.24, 2.45) is 0 Å². The van der Waals surface area contributed by atoms with Gasteiger partial charge in [-0.25, -0.2) is 4.98 Å². The Bertz CT molecular complexity index is 313. The fraction of sp³-hybridized carbons (Fsp3) is 0.429. The molecule has 84 valence electrons. The number of ether oxygens (including phenoxy) is 1. The van der Waals surface area contributed by atoms with Gasteiger partial charge in [-0.3, -0.25) is 4.98 Å². The molecule has 0 aliphatic heterocycles. The van der Waals surface area contributed by atoms with Crippen LogP contribution in [-0.4, -0.2) is 22.3 Å². The van der Waals surface area contributed by atoms with Crippen molar-refractivity contribution >= 4 is 0 Å². The first-order chi connectivity index (χ1) is 6.79. The molecule has 0 N–H and O–H groups in total. The summed E-state index contributed by atoms with van der Waals surface area (Å²) in [6.45, 7) is 0. The molecule has 0 saturated carbocycles. The molecule has 8 heteroatoms. The van der Waals surface area contributed by atoms with E-state index in [2.05, 4.69) is 14.7 Å². The summed E-state index contributed by atoms with van der Waals surface area (Å²) in [6, 6.07) is 0. The van der Waals surface area contributed by atoms with Crippen LogP contribution in [0.4, 0.5) is 22.0 Å². The summed E-state index contributed by atoms with van der Waals surface area (Å²) in [5.41, 5.74) is 0. The van der Waals surface area contributed by atoms with E-state index in [-0.39, 0.29) is 0 Å². The Hall–Kier alpha value is -1.47. The van der Waals surface area contributed by atoms with Gasteiger partial charge in [0.25, 0.3) is 0 Å². The van der Waals surface area contributed by atoms with Crippen molar-refractivity contribution in [3.8, 4) is 5.88 Å². The first kappa shape index (κ1) is 11.6. The van der Waals surface area contributed by atoms with E-state index in [1.54, 1.807) is 0 Å². The third-order valence-electron chi connectivity index (χ3n) is 1.20. The van der Waals surface area contributed by atoms with Crippen LogP contribution in [0, 0.1) is 0 Å². The predicted molar refractivity (Wildman–Crippen MR) is 38.3 cm³/mol. The topological polar surface area (TPSA) is 35.0 Å². The number of aromatic nitrogens is 2. The van der Waals surface area contributed by atoms with E-state index in [4.69, 9.17) is 0 Å². The van der Waals surface area contributed by atoms with Crippen LogP contribution in [0.15, 0.2) is 18.6 Å². The van der Waals surface area contributed by atoms with Crippen molar-refractivity contribution in [3.63, 3.8) is 0 Å². The minimum Gasteiger partial charge on any atom is -0.413 e. The van der Waals surface area contributed by atoms with Crippen LogP contribution in [0.1, 0.15) is 6.42 Å². The molecule has 0 fully saturated rings. The largest absolute Gasteiger partial charge is 0.413 e. The van der Waals surface area contributed by atoms with Crippen LogP contribution >= 0.6 is 0 Å². The van der Waals surface area contributed by atoms with Crippen LogP contribution in [0.2, 0.25) is 0 Å². The predicted octanol–water partition coefficient (Wildman–Crippen LogP) is 2.40. The number of hydrogen-bond acceptors (Lipinski definition) is 3. The molecule has 0 spiro atoms. The molecule has 0 atom stereocenters. The monoisotopic (exact) mass is 228 g/mol. The highest BCUT2D eigenvalue weighted by atomic mass is 19.4. The van der Waals surface area contributed by atoms with Gasteiger partial charge in [-0.2, -0.15) is 22.0 Å². The van der Waals surface area contributed by atoms with E-state index in [0.717, 1.165) is 12.4 Å². The Morgan fingerprint density at radius 1 is 1.13 bits per heavy atom. The molecule has 0 saturated heterocycles. The average Bonchev–Trinajstić information content (AvgIpc) is 1.99. The highest BCUT2D eigenvalue weighted by Gasteiger charge is 2.46. The standard InChI is InChI=1S/C7H5F5N2O/c8-6(9,10)4-7(11,12)15-5-3-13-1-2-14-5/h1-3H,4H2. The van der Waals surface area contributed by atoms with Crippen molar-refractivity contribution in [1.29, 1.82) is 0 Å². The molecule has 0 aromatic carbocycles. The van der Waals surface area contributed by atoms with Gasteiger partial charge < -0.3 is 4.74 Å². The Morgan fingerprint density at radius 2 is 1.80 bits per heavy atom. The molecule has 1 heterocycles. The average molecular weight is 228 g/mol. The van der Waals surface area contributed by atoms with Crippen molar-refractivity contribution in [2.75, 3.05) is 0 Å². The van der Waals surface area contributed by atoms with Gasteiger partial charge in [0.15, 0.2) is 0 Å². The highest BCUT2D eigenvalue weighted by molar-refractivity contribution is 5.02. The van der Waals surface area contributed by atoms with E-state index >= 15 is 0 Å². The Balaban J connectivity index is 2.65. The molecule has 1 aromatic heterocycles. The molecule has 0 aliphatic rings. The van der Waals surface area contributed by atoms with Gasteiger partial charge in [0, 0.05) is 12.4 Å². The number of halogens is 5. The summed E-state index contributed by atoms with van der Waals surface area (Å²) in [7, 11) is 0. The molecular weight excluding hydrogens is 223 g/mol. The minimum atomic E-state index is -5.01. The smallest absolute Gasteiger partial charge is 0.407 e. The van der Waals surface area contributed by atoms with E-state index in [0.29, 0.717) is 0 Å². The molecule has 0 amide bonds. The molecule has 0 bridgehead atoms. The summed E-state index contributed by atoms with van der Waals surface area (Å²) in [5.74, 6) is -0.660. The molecule has 0 unspecified atom stereocenters. The second-order valence-electron chi connectivity index (χ2n) is 2.57. The highest BCUT2D eigenvalue weighted by Crippen LogP contribution is 2.32. The third-order valence-corrected chi connectivity index (χ3v) is 1.20. The first-order valence-electron chi connectivity index (χ1n) is 3.68. The zero-order chi connectivity index (χ0) is 11.5. The quantitative estimate of drug-likeness (QED) is 0.745. The summed E-state index contributed by atoms with van der Waals surface area (Å²) >= 11 is 0. The van der Waals surface area contributed by atoms with E-state index in [1.165, 1.54) is 6.20 Å². The van der Waals surface area contributed by atoms with Crippen LogP contribution in [-0.2, 0) is 0 Å². The number of nitrogens with zero attached hydrogens (tertiary/aromatic N) is 2. The van der Waals surface area contributed by atoms with Crippen molar-refractivity contribution in [2.45, 2.75) is 18.7 Å². The summed E-state index contributed by atoms with van der Waals surface area (Å²) in [6.07, 6.45) is -8.71. The van der Waals surface area contributed by atoms with Crippen LogP contribution in [0.5, 0.6) is 5.88 Å². The Labute approximate surface area is 80.9 Å². The summed E-state index contributed by atoms with van der Waals surface area (Å²) < 4.78 is 63.9. The van der Waals surface area contributed by atoms with Crippen molar-refractivity contribution in [3.05, 3.63) is 18.6 Å². The minimum absolute atomic E-state index is 0.660. The number of alkyl halides is 5. The van der Waals surface area contributed by atoms with Gasteiger partial charge in [0.1, 0.15) is 6.42 Å². The summed E-state index contributed by atoms with van der Waals surface area (Å²) in [5, 5.41) is 0. The van der Waals surface area contributed by atoms with Gasteiger partial charge in [0.05, 0.1) is 6.20 Å². The second kappa shape index (κ2) is 3.95. The maximum Gasteiger partial charge on any atom is 0.407 e. The molecule has 1 aromatic rings. The summed E-state index contributed by atoms with van der Waals surface area (Å²) in [4.78, 5) is 6.63. The maximum absolute atomic E-state index is 12.6. The second-order valence-corrected chi connectivity index (χ2v) is 2.57. The lowest BCUT2D eigenvalue weighted by molar-refractivity contribution is -0.256. The normalized spacial score (nSPS) is 12.6. The molecule has 3 nitrogen and oxygen atoms in total. The van der Waals surface area contributed by atoms with E-state index in [9.17, 15) is 22.0 Å². The van der Waals surface area contributed by atoms with Gasteiger partial charge in [-0.05, 0) is 0 Å². The molecule has 15 heavy (non-hydrogen) atoms. The lowest BCUT2D eigenvalue weighted by Crippen LogP contribution is -2.31. The van der Waals surface area contributed by atoms with Gasteiger partial charge in [0.2, 0.25) is 5.88 Å². The van der Waals surface area contributed by atoms with Crippen LogP contribution in [0.3, 0.4) is 0 Å². The van der Waals surface area contributed by atoms with Gasteiger partial charge >= 0.3 is 12.3 Å². The molecule has 0 aliphatic carbocycles. The van der Waals surface area contributed by atoms with Gasteiger partial charge in [-0.1, -0.05) is 0 Å². The lowest BCUT2D eigenvalue weighted by Gasteiger charge is -2.18. The SMILES string of the molecule is FC(F)(F)CC(F)(F)Oc1cnccn1. The van der Waals surface area contributed by atoms with Crippen LogP contribution < -0.4 is 4.74 Å². The fourth-order valence-corrected chi connectivity index (χ4v) is 0.761. The fourth-order valence-electron chi connectivity index (χ4n) is 0.761.